The van der Waals surface area contributed by atoms with E-state index < -0.39 is 0 Å². The summed E-state index contributed by atoms with van der Waals surface area (Å²) < 4.78 is 0. The average Bonchev–Trinajstić information content (AvgIpc) is 2.76. The molecule has 2 aromatic rings. The number of aliphatic hydroxyl groups excluding tert-OH is 1. The van der Waals surface area contributed by atoms with Crippen LogP contribution in [-0.2, 0) is 0 Å². The topological polar surface area (TPSA) is 36.4 Å². The molecule has 0 spiro atoms. The quantitative estimate of drug-likeness (QED) is 0.788. The molecule has 0 radical (unpaired) electrons. The molecule has 3 nitrogen and oxygen atoms in total. The number of benzene rings is 1. The van der Waals surface area contributed by atoms with E-state index in [0.717, 1.165) is 29.6 Å². The van der Waals surface area contributed by atoms with Crippen molar-refractivity contribution in [2.24, 2.45) is 0 Å². The molecule has 1 fully saturated rings. The first-order valence-corrected chi connectivity index (χ1v) is 6.10. The third-order valence-corrected chi connectivity index (χ3v) is 3.46. The lowest BCUT2D eigenvalue weighted by molar-refractivity contribution is 0.198. The maximum atomic E-state index is 9.54. The number of hydrogen-bond acceptors (Lipinski definition) is 3. The summed E-state index contributed by atoms with van der Waals surface area (Å²) >= 11 is 6.18. The van der Waals surface area contributed by atoms with Gasteiger partial charge in [0.25, 0.3) is 0 Å². The zero-order valence-electron chi connectivity index (χ0n) is 9.31. The highest BCUT2D eigenvalue weighted by atomic mass is 35.5. The van der Waals surface area contributed by atoms with Crippen molar-refractivity contribution in [2.75, 3.05) is 18.0 Å². The molecular weight excluding hydrogens is 236 g/mol. The Bertz CT molecular complexity index is 558. The third kappa shape index (κ3) is 1.96. The van der Waals surface area contributed by atoms with E-state index in [9.17, 15) is 5.11 Å². The summed E-state index contributed by atoms with van der Waals surface area (Å²) in [6, 6.07) is 9.96. The van der Waals surface area contributed by atoms with Crippen LogP contribution in [0.4, 0.5) is 5.82 Å². The molecule has 0 bridgehead atoms. The molecule has 3 rings (SSSR count). The van der Waals surface area contributed by atoms with Gasteiger partial charge in [-0.05, 0) is 17.9 Å². The standard InChI is InChI=1S/C13H13ClN2O/c14-13-11-4-2-1-3-9(11)7-12(15-13)16-6-5-10(17)8-16/h1-4,7,10,17H,5-6,8H2/t10-/m0/s1. The van der Waals surface area contributed by atoms with E-state index in [1.165, 1.54) is 0 Å². The zero-order chi connectivity index (χ0) is 11.8. The van der Waals surface area contributed by atoms with Crippen molar-refractivity contribution in [3.8, 4) is 0 Å². The summed E-state index contributed by atoms with van der Waals surface area (Å²) in [6.07, 6.45) is 0.550. The molecule has 17 heavy (non-hydrogen) atoms. The molecule has 88 valence electrons. The molecule has 0 aliphatic carbocycles. The van der Waals surface area contributed by atoms with E-state index in [1.807, 2.05) is 30.3 Å². The van der Waals surface area contributed by atoms with Gasteiger partial charge in [0.05, 0.1) is 6.10 Å². The Labute approximate surface area is 105 Å². The smallest absolute Gasteiger partial charge is 0.139 e. The minimum atomic E-state index is -0.248. The lowest BCUT2D eigenvalue weighted by Crippen LogP contribution is -2.22. The van der Waals surface area contributed by atoms with Crippen molar-refractivity contribution in [1.82, 2.24) is 4.98 Å². The summed E-state index contributed by atoms with van der Waals surface area (Å²) in [5.41, 5.74) is 0. The number of nitrogens with zero attached hydrogens (tertiary/aromatic N) is 2. The van der Waals surface area contributed by atoms with Gasteiger partial charge < -0.3 is 10.0 Å². The highest BCUT2D eigenvalue weighted by Crippen LogP contribution is 2.27. The first kappa shape index (κ1) is 10.8. The van der Waals surface area contributed by atoms with Gasteiger partial charge >= 0.3 is 0 Å². The van der Waals surface area contributed by atoms with Crippen LogP contribution in [0, 0.1) is 0 Å². The van der Waals surface area contributed by atoms with Crippen LogP contribution in [0.3, 0.4) is 0 Å². The molecule has 1 atom stereocenters. The second kappa shape index (κ2) is 4.17. The van der Waals surface area contributed by atoms with Gasteiger partial charge in [-0.2, -0.15) is 0 Å². The molecular formula is C13H13ClN2O. The highest BCUT2D eigenvalue weighted by molar-refractivity contribution is 6.34. The lowest BCUT2D eigenvalue weighted by Gasteiger charge is -2.17. The van der Waals surface area contributed by atoms with Gasteiger partial charge in [-0.1, -0.05) is 35.9 Å². The molecule has 1 saturated heterocycles. The molecule has 1 aromatic heterocycles. The first-order valence-electron chi connectivity index (χ1n) is 5.72. The van der Waals surface area contributed by atoms with E-state index in [4.69, 9.17) is 11.6 Å². The second-order valence-electron chi connectivity index (χ2n) is 4.38. The number of rotatable bonds is 1. The lowest BCUT2D eigenvalue weighted by atomic mass is 10.2. The van der Waals surface area contributed by atoms with Crippen LogP contribution in [0.1, 0.15) is 6.42 Å². The fourth-order valence-corrected chi connectivity index (χ4v) is 2.51. The highest BCUT2D eigenvalue weighted by Gasteiger charge is 2.21. The molecule has 0 unspecified atom stereocenters. The van der Waals surface area contributed by atoms with Gasteiger partial charge in [0.2, 0.25) is 0 Å². The van der Waals surface area contributed by atoms with Crippen LogP contribution in [0.25, 0.3) is 10.8 Å². The fraction of sp³-hybridized carbons (Fsp3) is 0.308. The first-order chi connectivity index (χ1) is 8.24. The number of β-amino-alcohol motifs (C(OH)–C–C–N with tert-alkyl or cyclic N) is 1. The van der Waals surface area contributed by atoms with Crippen molar-refractivity contribution in [3.63, 3.8) is 0 Å². The van der Waals surface area contributed by atoms with Crippen molar-refractivity contribution < 1.29 is 5.11 Å². The number of fused-ring (bicyclic) bond motifs is 1. The van der Waals surface area contributed by atoms with Gasteiger partial charge in [-0.25, -0.2) is 4.98 Å². The normalized spacial score (nSPS) is 20.1. The Morgan fingerprint density at radius 2 is 2.18 bits per heavy atom. The van der Waals surface area contributed by atoms with Crippen LogP contribution in [0.5, 0.6) is 0 Å². The summed E-state index contributed by atoms with van der Waals surface area (Å²) in [4.78, 5) is 6.47. The SMILES string of the molecule is O[C@H]1CCN(c2cc3ccccc3c(Cl)n2)C1. The maximum absolute atomic E-state index is 9.54. The molecule has 1 N–H and O–H groups in total. The monoisotopic (exact) mass is 248 g/mol. The number of anilines is 1. The minimum Gasteiger partial charge on any atom is -0.391 e. The van der Waals surface area contributed by atoms with Gasteiger partial charge in [0.1, 0.15) is 11.0 Å². The molecule has 1 aromatic carbocycles. The minimum absolute atomic E-state index is 0.248. The number of hydrogen-bond donors (Lipinski definition) is 1. The Kier molecular flexibility index (Phi) is 2.65. The van der Waals surface area contributed by atoms with Crippen molar-refractivity contribution in [3.05, 3.63) is 35.5 Å². The van der Waals surface area contributed by atoms with Crippen molar-refractivity contribution >= 4 is 28.2 Å². The molecule has 4 heteroatoms. The Hall–Kier alpha value is -1.32. The Balaban J connectivity index is 2.06. The van der Waals surface area contributed by atoms with E-state index in [0.29, 0.717) is 11.7 Å². The molecule has 1 aliphatic heterocycles. The van der Waals surface area contributed by atoms with Gasteiger partial charge in [0.15, 0.2) is 0 Å². The van der Waals surface area contributed by atoms with E-state index in [2.05, 4.69) is 9.88 Å². The summed E-state index contributed by atoms with van der Waals surface area (Å²) in [7, 11) is 0. The molecule has 2 heterocycles. The maximum Gasteiger partial charge on any atom is 0.139 e. The predicted molar refractivity (Wildman–Crippen MR) is 69.6 cm³/mol. The molecule has 0 amide bonds. The average molecular weight is 249 g/mol. The summed E-state index contributed by atoms with van der Waals surface area (Å²) in [6.45, 7) is 1.48. The molecule has 0 saturated carbocycles. The van der Waals surface area contributed by atoms with Crippen molar-refractivity contribution in [2.45, 2.75) is 12.5 Å². The number of aliphatic hydroxyl groups is 1. The van der Waals surface area contributed by atoms with E-state index >= 15 is 0 Å². The Morgan fingerprint density at radius 1 is 1.35 bits per heavy atom. The van der Waals surface area contributed by atoms with Crippen LogP contribution in [0.2, 0.25) is 5.15 Å². The zero-order valence-corrected chi connectivity index (χ0v) is 10.1. The number of aromatic nitrogens is 1. The van der Waals surface area contributed by atoms with Crippen LogP contribution in [0.15, 0.2) is 30.3 Å². The van der Waals surface area contributed by atoms with Crippen LogP contribution in [-0.4, -0.2) is 29.3 Å². The van der Waals surface area contributed by atoms with Crippen LogP contribution >= 0.6 is 11.6 Å². The van der Waals surface area contributed by atoms with Crippen molar-refractivity contribution in [1.29, 1.82) is 0 Å². The van der Waals surface area contributed by atoms with Crippen LogP contribution < -0.4 is 4.90 Å². The fourth-order valence-electron chi connectivity index (χ4n) is 2.25. The number of pyridine rings is 1. The van der Waals surface area contributed by atoms with E-state index in [-0.39, 0.29) is 6.10 Å². The number of halogens is 1. The van der Waals surface area contributed by atoms with Gasteiger partial charge in [-0.3, -0.25) is 0 Å². The summed E-state index contributed by atoms with van der Waals surface area (Å²) in [5, 5.41) is 12.1. The largest absolute Gasteiger partial charge is 0.391 e. The van der Waals surface area contributed by atoms with Gasteiger partial charge in [0, 0.05) is 18.5 Å². The third-order valence-electron chi connectivity index (χ3n) is 3.17. The second-order valence-corrected chi connectivity index (χ2v) is 4.74. The Morgan fingerprint density at radius 3 is 2.94 bits per heavy atom. The van der Waals surface area contributed by atoms with Gasteiger partial charge in [-0.15, -0.1) is 0 Å². The molecule has 1 aliphatic rings. The summed E-state index contributed by atoms with van der Waals surface area (Å²) in [5.74, 6) is 0.852. The predicted octanol–water partition coefficient (Wildman–Crippen LogP) is 2.46. The van der Waals surface area contributed by atoms with E-state index in [1.54, 1.807) is 0 Å².